The monoisotopic (exact) mass is 276 g/mol. The number of carbonyl (C=O) groups excluding carboxylic acids is 1. The average Bonchev–Trinajstić information content (AvgIpc) is 2.55. The minimum atomic E-state index is -0.150. The highest BCUT2D eigenvalue weighted by Gasteiger charge is 2.05. The normalized spacial score (nSPS) is 11.0. The molecule has 0 atom stereocenters. The van der Waals surface area contributed by atoms with E-state index in [1.54, 1.807) is 48.5 Å². The number of ketones is 1. The molecule has 1 aromatic heterocycles. The predicted molar refractivity (Wildman–Crippen MR) is 82.3 cm³/mol. The van der Waals surface area contributed by atoms with Gasteiger partial charge in [-0.25, -0.2) is 0 Å². The number of rotatable bonds is 3. The Morgan fingerprint density at radius 1 is 0.952 bits per heavy atom. The molecule has 0 N–H and O–H groups in total. The third kappa shape index (κ3) is 2.67. The molecule has 0 radical (unpaired) electrons. The molecular weight excluding hydrogens is 264 g/mol. The Kier molecular flexibility index (Phi) is 3.48. The number of hydrogen-bond donors (Lipinski definition) is 0. The Balaban J connectivity index is 1.95. The average molecular weight is 276 g/mol. The maximum Gasteiger partial charge on any atom is 0.199 e. The van der Waals surface area contributed by atoms with E-state index in [0.717, 1.165) is 0 Å². The van der Waals surface area contributed by atoms with Gasteiger partial charge < -0.3 is 4.42 Å². The lowest BCUT2D eigenvalue weighted by atomic mass is 10.1. The molecule has 0 saturated heterocycles. The van der Waals surface area contributed by atoms with E-state index in [1.165, 1.54) is 18.4 Å². The highest BCUT2D eigenvalue weighted by atomic mass is 16.3. The molecule has 3 aromatic rings. The number of benzene rings is 2. The molecule has 3 nitrogen and oxygen atoms in total. The van der Waals surface area contributed by atoms with Crippen molar-refractivity contribution in [2.75, 3.05) is 0 Å². The molecule has 2 aromatic carbocycles. The lowest BCUT2D eigenvalue weighted by Gasteiger charge is -1.98. The van der Waals surface area contributed by atoms with Crippen LogP contribution in [0.3, 0.4) is 0 Å². The number of carbonyl (C=O) groups is 1. The van der Waals surface area contributed by atoms with Gasteiger partial charge in [-0.3, -0.25) is 9.59 Å². The first-order valence-corrected chi connectivity index (χ1v) is 6.54. The highest BCUT2D eigenvalue weighted by Crippen LogP contribution is 2.11. The second-order valence-corrected chi connectivity index (χ2v) is 4.58. The van der Waals surface area contributed by atoms with Crippen molar-refractivity contribution in [3.63, 3.8) is 0 Å². The molecule has 3 heteroatoms. The van der Waals surface area contributed by atoms with Crippen molar-refractivity contribution in [2.24, 2.45) is 0 Å². The summed E-state index contributed by atoms with van der Waals surface area (Å²) in [7, 11) is 0. The third-order valence-electron chi connectivity index (χ3n) is 3.18. The summed E-state index contributed by atoms with van der Waals surface area (Å²) in [5, 5.41) is 0.506. The van der Waals surface area contributed by atoms with Crippen LogP contribution in [-0.2, 0) is 0 Å². The first-order valence-electron chi connectivity index (χ1n) is 6.54. The fourth-order valence-corrected chi connectivity index (χ4v) is 2.07. The van der Waals surface area contributed by atoms with Gasteiger partial charge in [0.1, 0.15) is 11.8 Å². The zero-order valence-corrected chi connectivity index (χ0v) is 11.2. The van der Waals surface area contributed by atoms with Crippen LogP contribution in [0.5, 0.6) is 0 Å². The molecule has 1 heterocycles. The van der Waals surface area contributed by atoms with Gasteiger partial charge in [0.05, 0.1) is 10.9 Å². The van der Waals surface area contributed by atoms with Crippen LogP contribution in [-0.4, -0.2) is 5.78 Å². The van der Waals surface area contributed by atoms with E-state index >= 15 is 0 Å². The third-order valence-corrected chi connectivity index (χ3v) is 3.18. The molecule has 0 aliphatic heterocycles. The van der Waals surface area contributed by atoms with Crippen LogP contribution in [0.1, 0.15) is 15.9 Å². The number of para-hydroxylation sites is 1. The fourth-order valence-electron chi connectivity index (χ4n) is 2.07. The number of allylic oxidation sites excluding steroid dienone is 1. The lowest BCUT2D eigenvalue weighted by Crippen LogP contribution is -2.05. The standard InChI is InChI=1S/C18H12O3/c19-16(13-6-2-1-3-7-13)11-10-14-12-21-17-9-5-4-8-15(17)18(14)20/h1-12H/b11-10+. The van der Waals surface area contributed by atoms with Gasteiger partial charge in [-0.2, -0.15) is 0 Å². The smallest absolute Gasteiger partial charge is 0.199 e. The Morgan fingerprint density at radius 2 is 1.67 bits per heavy atom. The molecule has 0 aliphatic rings. The molecule has 0 saturated carbocycles. The molecule has 0 unspecified atom stereocenters. The van der Waals surface area contributed by atoms with Gasteiger partial charge in [0.25, 0.3) is 0 Å². The minimum Gasteiger partial charge on any atom is -0.463 e. The van der Waals surface area contributed by atoms with Gasteiger partial charge in [0.15, 0.2) is 11.2 Å². The van der Waals surface area contributed by atoms with E-state index in [0.29, 0.717) is 22.1 Å². The van der Waals surface area contributed by atoms with E-state index in [4.69, 9.17) is 4.42 Å². The topological polar surface area (TPSA) is 47.3 Å². The second-order valence-electron chi connectivity index (χ2n) is 4.58. The predicted octanol–water partition coefficient (Wildman–Crippen LogP) is 3.69. The molecule has 21 heavy (non-hydrogen) atoms. The van der Waals surface area contributed by atoms with Crippen LogP contribution < -0.4 is 5.43 Å². The van der Waals surface area contributed by atoms with Crippen molar-refractivity contribution < 1.29 is 9.21 Å². The van der Waals surface area contributed by atoms with E-state index < -0.39 is 0 Å². The van der Waals surface area contributed by atoms with Gasteiger partial charge in [-0.05, 0) is 24.3 Å². The lowest BCUT2D eigenvalue weighted by molar-refractivity contribution is 0.104. The van der Waals surface area contributed by atoms with Gasteiger partial charge in [-0.1, -0.05) is 42.5 Å². The summed E-state index contributed by atoms with van der Waals surface area (Å²) in [5.74, 6) is -0.150. The molecule has 0 spiro atoms. The Labute approximate surface area is 121 Å². The summed E-state index contributed by atoms with van der Waals surface area (Å²) in [6.45, 7) is 0. The van der Waals surface area contributed by atoms with Gasteiger partial charge in [-0.15, -0.1) is 0 Å². The van der Waals surface area contributed by atoms with Crippen molar-refractivity contribution in [2.45, 2.75) is 0 Å². The molecule has 0 fully saturated rings. The molecule has 0 bridgehead atoms. The van der Waals surface area contributed by atoms with Crippen LogP contribution in [0.25, 0.3) is 17.0 Å². The maximum absolute atomic E-state index is 12.3. The molecule has 102 valence electrons. The van der Waals surface area contributed by atoms with Gasteiger partial charge in [0.2, 0.25) is 0 Å². The van der Waals surface area contributed by atoms with Gasteiger partial charge in [0, 0.05) is 5.56 Å². The van der Waals surface area contributed by atoms with E-state index in [1.807, 2.05) is 6.07 Å². The molecule has 0 amide bonds. The number of fused-ring (bicyclic) bond motifs is 1. The number of hydrogen-bond acceptors (Lipinski definition) is 3. The zero-order valence-electron chi connectivity index (χ0n) is 11.2. The maximum atomic E-state index is 12.3. The van der Waals surface area contributed by atoms with Crippen molar-refractivity contribution in [1.29, 1.82) is 0 Å². The summed E-state index contributed by atoms with van der Waals surface area (Å²) in [4.78, 5) is 24.2. The summed E-state index contributed by atoms with van der Waals surface area (Å²) >= 11 is 0. The van der Waals surface area contributed by atoms with E-state index in [9.17, 15) is 9.59 Å². The first kappa shape index (κ1) is 13.1. The molecule has 0 aliphatic carbocycles. The summed E-state index contributed by atoms with van der Waals surface area (Å²) in [5.41, 5.74) is 1.33. The Morgan fingerprint density at radius 3 is 2.48 bits per heavy atom. The summed E-state index contributed by atoms with van der Waals surface area (Å²) < 4.78 is 5.40. The summed E-state index contributed by atoms with van der Waals surface area (Å²) in [6, 6.07) is 15.9. The van der Waals surface area contributed by atoms with Crippen molar-refractivity contribution in [3.05, 3.63) is 88.3 Å². The van der Waals surface area contributed by atoms with Crippen molar-refractivity contribution in [1.82, 2.24) is 0 Å². The van der Waals surface area contributed by atoms with Crippen molar-refractivity contribution in [3.8, 4) is 0 Å². The van der Waals surface area contributed by atoms with Crippen molar-refractivity contribution >= 4 is 22.8 Å². The fraction of sp³-hybridized carbons (Fsp3) is 0. The van der Waals surface area contributed by atoms with Gasteiger partial charge >= 0.3 is 0 Å². The van der Waals surface area contributed by atoms with Crippen LogP contribution in [0.2, 0.25) is 0 Å². The molecule has 3 rings (SSSR count). The van der Waals surface area contributed by atoms with E-state index in [2.05, 4.69) is 0 Å². The van der Waals surface area contributed by atoms with Crippen LogP contribution in [0.4, 0.5) is 0 Å². The Bertz CT molecular complexity index is 874. The van der Waals surface area contributed by atoms with Crippen LogP contribution in [0, 0.1) is 0 Å². The Hall–Kier alpha value is -2.94. The largest absolute Gasteiger partial charge is 0.463 e. The quantitative estimate of drug-likeness (QED) is 0.541. The zero-order chi connectivity index (χ0) is 14.7. The second kappa shape index (κ2) is 5.59. The SMILES string of the molecule is O=C(/C=C/c1coc2ccccc2c1=O)c1ccccc1. The highest BCUT2D eigenvalue weighted by molar-refractivity contribution is 6.06. The summed E-state index contributed by atoms with van der Waals surface area (Å²) in [6.07, 6.45) is 4.25. The van der Waals surface area contributed by atoms with Crippen LogP contribution in [0.15, 0.2) is 76.1 Å². The first-order chi connectivity index (χ1) is 10.3. The molecular formula is C18H12O3. The minimum absolute atomic E-state index is 0.144. The van der Waals surface area contributed by atoms with E-state index in [-0.39, 0.29) is 11.2 Å². The van der Waals surface area contributed by atoms with Crippen LogP contribution >= 0.6 is 0 Å².